The van der Waals surface area contributed by atoms with Crippen molar-refractivity contribution >= 4 is 29.2 Å². The Labute approximate surface area is 173 Å². The summed E-state index contributed by atoms with van der Waals surface area (Å²) in [5, 5.41) is 12.8. The van der Waals surface area contributed by atoms with Crippen molar-refractivity contribution in [2.45, 2.75) is 31.8 Å². The molecule has 0 radical (unpaired) electrons. The summed E-state index contributed by atoms with van der Waals surface area (Å²) >= 11 is 0. The van der Waals surface area contributed by atoms with E-state index in [4.69, 9.17) is 19.4 Å². The summed E-state index contributed by atoms with van der Waals surface area (Å²) in [5.41, 5.74) is -1.47. The van der Waals surface area contributed by atoms with Gasteiger partial charge in [0.15, 0.2) is 0 Å². The van der Waals surface area contributed by atoms with Crippen molar-refractivity contribution < 1.29 is 56.3 Å². The summed E-state index contributed by atoms with van der Waals surface area (Å²) in [6, 6.07) is 0. The predicted octanol–water partition coefficient (Wildman–Crippen LogP) is -1.04. The van der Waals surface area contributed by atoms with Crippen LogP contribution in [0.2, 0.25) is 0 Å². The van der Waals surface area contributed by atoms with Crippen LogP contribution < -0.4 is 16.6 Å². The molecule has 0 bridgehead atoms. The minimum absolute atomic E-state index is 0.0527. The summed E-state index contributed by atoms with van der Waals surface area (Å²) in [7, 11) is -16.6. The largest absolute Gasteiger partial charge is 0.490 e. The first kappa shape index (κ1) is 26.1. The van der Waals surface area contributed by atoms with E-state index in [0.717, 1.165) is 10.8 Å². The molecule has 1 saturated heterocycles. The van der Waals surface area contributed by atoms with Crippen molar-refractivity contribution in [2.75, 3.05) is 18.5 Å². The van der Waals surface area contributed by atoms with Crippen molar-refractivity contribution in [3.63, 3.8) is 0 Å². The van der Waals surface area contributed by atoms with E-state index in [2.05, 4.69) is 23.4 Å². The van der Waals surface area contributed by atoms with Gasteiger partial charge in [0.1, 0.15) is 18.0 Å². The third kappa shape index (κ3) is 7.71. The molecule has 1 aliphatic rings. The van der Waals surface area contributed by atoms with Gasteiger partial charge in [-0.3, -0.25) is 18.9 Å². The van der Waals surface area contributed by atoms with Crippen LogP contribution in [0.3, 0.4) is 0 Å². The number of aliphatic hydroxyl groups excluding tert-OH is 1. The quantitative estimate of drug-likeness (QED) is 0.185. The van der Waals surface area contributed by atoms with Gasteiger partial charge in [-0.2, -0.15) is 8.62 Å². The smallest absolute Gasteiger partial charge is 0.390 e. The number of aliphatic hydroxyl groups is 1. The second kappa shape index (κ2) is 9.75. The lowest BCUT2D eigenvalue weighted by Crippen LogP contribution is -2.34. The number of H-pyrrole nitrogens is 1. The molecule has 0 spiro atoms. The molecule has 2 unspecified atom stereocenters. The van der Waals surface area contributed by atoms with E-state index in [-0.39, 0.29) is 12.1 Å². The summed E-state index contributed by atoms with van der Waals surface area (Å²) in [6.45, 7) is 1.20. The molecule has 2 rings (SSSR count). The topological polar surface area (TPSA) is 256 Å². The maximum Gasteiger partial charge on any atom is 0.490 e. The molecule has 0 aromatic carbocycles. The first-order chi connectivity index (χ1) is 14.1. The third-order valence-electron chi connectivity index (χ3n) is 3.67. The number of anilines is 1. The van der Waals surface area contributed by atoms with Gasteiger partial charge in [-0.15, -0.1) is 0 Å². The molecule has 1 aromatic rings. The highest BCUT2D eigenvalue weighted by molar-refractivity contribution is 7.66. The average molecular weight is 511 g/mol. The van der Waals surface area contributed by atoms with Crippen LogP contribution in [0.15, 0.2) is 15.8 Å². The van der Waals surface area contributed by atoms with Gasteiger partial charge in [-0.05, 0) is 6.92 Å². The van der Waals surface area contributed by atoms with Gasteiger partial charge in [0.05, 0.1) is 12.7 Å². The van der Waals surface area contributed by atoms with E-state index >= 15 is 0 Å². The number of hydrogen-bond acceptors (Lipinski definition) is 11. The summed E-state index contributed by atoms with van der Waals surface area (Å²) in [5.74, 6) is 0. The number of rotatable bonds is 10. The molecule has 2 heterocycles. The Morgan fingerprint density at radius 3 is 2.42 bits per heavy atom. The molecule has 1 aromatic heterocycles. The van der Waals surface area contributed by atoms with Crippen LogP contribution in [-0.4, -0.2) is 59.6 Å². The second-order valence-corrected chi connectivity index (χ2v) is 10.5. The van der Waals surface area contributed by atoms with E-state index in [1.54, 1.807) is 6.92 Å². The van der Waals surface area contributed by atoms with Crippen molar-refractivity contribution in [2.24, 2.45) is 0 Å². The number of phosphoric ester groups is 1. The van der Waals surface area contributed by atoms with Crippen LogP contribution in [0, 0.1) is 0 Å². The van der Waals surface area contributed by atoms with Gasteiger partial charge in [0.2, 0.25) is 0 Å². The number of nitrogens with zero attached hydrogens (tertiary/aromatic N) is 1. The fourth-order valence-corrected chi connectivity index (χ4v) is 5.55. The molecule has 1 fully saturated rings. The van der Waals surface area contributed by atoms with Crippen molar-refractivity contribution in [3.8, 4) is 0 Å². The molecule has 7 N–H and O–H groups in total. The molecule has 0 amide bonds. The van der Waals surface area contributed by atoms with Crippen LogP contribution >= 0.6 is 23.5 Å². The number of aromatic nitrogens is 2. The Bertz CT molecular complexity index is 1050. The van der Waals surface area contributed by atoms with Crippen LogP contribution in [0.1, 0.15) is 19.6 Å². The number of phosphoric acid groups is 3. The SMILES string of the molecule is CCNc1cn([C@H]2C[C@H](O)[C@@H](COP(=O)(O)OP(=O)(O)OP(=O)(O)O)O2)c(=O)[nH]c1=O. The lowest BCUT2D eigenvalue weighted by molar-refractivity contribution is -0.0449. The Balaban J connectivity index is 2.06. The number of ether oxygens (including phenoxy) is 1. The molecule has 31 heavy (non-hydrogen) atoms. The van der Waals surface area contributed by atoms with Gasteiger partial charge < -0.3 is 34.7 Å². The highest BCUT2D eigenvalue weighted by Gasteiger charge is 2.43. The van der Waals surface area contributed by atoms with E-state index in [9.17, 15) is 33.3 Å². The van der Waals surface area contributed by atoms with Crippen LogP contribution in [0.4, 0.5) is 5.69 Å². The molecular formula is C11H20N3O14P3. The molecule has 20 heteroatoms. The predicted molar refractivity (Wildman–Crippen MR) is 99.8 cm³/mol. The first-order valence-corrected chi connectivity index (χ1v) is 12.9. The minimum Gasteiger partial charge on any atom is -0.390 e. The van der Waals surface area contributed by atoms with Crippen molar-refractivity contribution in [1.29, 1.82) is 0 Å². The molecule has 178 valence electrons. The van der Waals surface area contributed by atoms with Gasteiger partial charge >= 0.3 is 29.2 Å². The zero-order valence-corrected chi connectivity index (χ0v) is 18.3. The van der Waals surface area contributed by atoms with E-state index in [1.807, 2.05) is 0 Å². The fraction of sp³-hybridized carbons (Fsp3) is 0.636. The summed E-state index contributed by atoms with van der Waals surface area (Å²) in [6.07, 6.45) is -2.80. The fourth-order valence-electron chi connectivity index (χ4n) is 2.52. The van der Waals surface area contributed by atoms with Gasteiger partial charge in [-0.25, -0.2) is 18.5 Å². The van der Waals surface area contributed by atoms with Crippen LogP contribution in [0.25, 0.3) is 0 Å². The molecule has 5 atom stereocenters. The monoisotopic (exact) mass is 511 g/mol. The van der Waals surface area contributed by atoms with Gasteiger partial charge in [-0.1, -0.05) is 0 Å². The van der Waals surface area contributed by atoms with Gasteiger partial charge in [0, 0.05) is 19.2 Å². The molecule has 0 saturated carbocycles. The van der Waals surface area contributed by atoms with E-state index < -0.39 is 59.8 Å². The average Bonchev–Trinajstić information content (AvgIpc) is 2.93. The lowest BCUT2D eigenvalue weighted by Gasteiger charge is -2.19. The normalized spacial score (nSPS) is 25.7. The van der Waals surface area contributed by atoms with Crippen LogP contribution in [-0.2, 0) is 31.6 Å². The number of aromatic amines is 1. The molecular weight excluding hydrogens is 491 g/mol. The molecule has 0 aliphatic carbocycles. The van der Waals surface area contributed by atoms with E-state index in [0.29, 0.717) is 6.54 Å². The molecule has 17 nitrogen and oxygen atoms in total. The summed E-state index contributed by atoms with van der Waals surface area (Å²) < 4.78 is 51.5. The Hall–Kier alpha value is -1.19. The Morgan fingerprint density at radius 2 is 1.84 bits per heavy atom. The second-order valence-electron chi connectivity index (χ2n) is 6.06. The molecule has 1 aliphatic heterocycles. The Kier molecular flexibility index (Phi) is 8.20. The zero-order valence-electron chi connectivity index (χ0n) is 15.6. The van der Waals surface area contributed by atoms with Crippen LogP contribution in [0.5, 0.6) is 0 Å². The Morgan fingerprint density at radius 1 is 1.19 bits per heavy atom. The lowest BCUT2D eigenvalue weighted by atomic mass is 10.2. The highest BCUT2D eigenvalue weighted by atomic mass is 31.3. The zero-order chi connectivity index (χ0) is 23.6. The van der Waals surface area contributed by atoms with Crippen molar-refractivity contribution in [1.82, 2.24) is 9.55 Å². The highest BCUT2D eigenvalue weighted by Crippen LogP contribution is 2.66. The van der Waals surface area contributed by atoms with E-state index in [1.165, 1.54) is 0 Å². The standard InChI is InChI=1S/C11H20N3O14P3/c1-2-12-6-4-14(11(17)13-10(6)16)9-3-7(15)8(26-9)5-25-30(21,22)28-31(23,24)27-29(18,19)20/h4,7-9,12,15H,2-3,5H2,1H3,(H,21,22)(H,23,24)(H,13,16,17)(H2,18,19,20)/t7-,8+,9+/m0/s1. The minimum atomic E-state index is -5.69. The first-order valence-electron chi connectivity index (χ1n) is 8.33. The third-order valence-corrected chi connectivity index (χ3v) is 7.47. The summed E-state index contributed by atoms with van der Waals surface area (Å²) in [4.78, 5) is 61.3. The maximum absolute atomic E-state index is 12.0. The van der Waals surface area contributed by atoms with Gasteiger partial charge in [0.25, 0.3) is 5.56 Å². The maximum atomic E-state index is 12.0. The van der Waals surface area contributed by atoms with Crippen molar-refractivity contribution in [3.05, 3.63) is 27.0 Å². The number of nitrogens with one attached hydrogen (secondary N) is 2. The number of hydrogen-bond donors (Lipinski definition) is 7.